The van der Waals surface area contributed by atoms with Crippen LogP contribution in [0, 0.1) is 12.8 Å². The number of thioether (sulfide) groups is 1. The smallest absolute Gasteiger partial charge is 0.284 e. The number of hydrogen-bond acceptors (Lipinski definition) is 4. The van der Waals surface area contributed by atoms with E-state index in [1.165, 1.54) is 0 Å². The number of amides is 1. The van der Waals surface area contributed by atoms with E-state index in [0.717, 1.165) is 5.69 Å². The summed E-state index contributed by atoms with van der Waals surface area (Å²) in [6.45, 7) is 5.78. The molecule has 0 bridgehead atoms. The molecule has 0 saturated heterocycles. The lowest BCUT2D eigenvalue weighted by molar-refractivity contribution is -0.121. The van der Waals surface area contributed by atoms with Crippen LogP contribution in [0.4, 0.5) is 14.5 Å². The van der Waals surface area contributed by atoms with Crippen LogP contribution in [0.15, 0.2) is 30.7 Å². The summed E-state index contributed by atoms with van der Waals surface area (Å²) in [6.07, 6.45) is 5.11. The molecule has 0 aliphatic carbocycles. The predicted molar refractivity (Wildman–Crippen MR) is 91.7 cm³/mol. The standard InChI is InChI=1S/C16H20F2N4OS/c1-4-21(15(23)11(2)10-24-16(17)18)14-9-22(20-12(14)3)13-6-5-7-19-8-13/h5-9,11,16H,4,10H2,1-3H3. The molecule has 1 atom stereocenters. The topological polar surface area (TPSA) is 51.0 Å². The molecule has 24 heavy (non-hydrogen) atoms. The molecule has 2 rings (SSSR count). The Balaban J connectivity index is 2.21. The number of anilines is 1. The third kappa shape index (κ3) is 4.31. The van der Waals surface area contributed by atoms with Crippen molar-refractivity contribution in [1.29, 1.82) is 0 Å². The van der Waals surface area contributed by atoms with Crippen molar-refractivity contribution in [1.82, 2.24) is 14.8 Å². The van der Waals surface area contributed by atoms with E-state index in [1.54, 1.807) is 41.2 Å². The maximum absolute atomic E-state index is 12.6. The van der Waals surface area contributed by atoms with Crippen molar-refractivity contribution in [2.24, 2.45) is 5.92 Å². The Bertz CT molecular complexity index is 678. The zero-order valence-electron chi connectivity index (χ0n) is 13.8. The van der Waals surface area contributed by atoms with E-state index < -0.39 is 11.7 Å². The molecule has 5 nitrogen and oxygen atoms in total. The molecule has 1 amide bonds. The molecule has 0 fully saturated rings. The van der Waals surface area contributed by atoms with Crippen LogP contribution < -0.4 is 4.90 Å². The van der Waals surface area contributed by atoms with Gasteiger partial charge in [-0.25, -0.2) is 4.68 Å². The number of carbonyl (C=O) groups is 1. The molecule has 0 N–H and O–H groups in total. The fourth-order valence-corrected chi connectivity index (χ4v) is 2.91. The van der Waals surface area contributed by atoms with Gasteiger partial charge in [-0.1, -0.05) is 18.7 Å². The zero-order valence-corrected chi connectivity index (χ0v) is 14.6. The fourth-order valence-electron chi connectivity index (χ4n) is 2.34. The number of halogens is 2. The van der Waals surface area contributed by atoms with E-state index in [2.05, 4.69) is 10.1 Å². The Labute approximate surface area is 144 Å². The molecular formula is C16H20F2N4OS. The number of nitrogens with zero attached hydrogens (tertiary/aromatic N) is 4. The first kappa shape index (κ1) is 18.4. The molecule has 130 valence electrons. The minimum Gasteiger partial charge on any atom is -0.309 e. The average molecular weight is 354 g/mol. The summed E-state index contributed by atoms with van der Waals surface area (Å²) in [7, 11) is 0. The minimum atomic E-state index is -2.47. The monoisotopic (exact) mass is 354 g/mol. The third-order valence-corrected chi connectivity index (χ3v) is 4.49. The van der Waals surface area contributed by atoms with Crippen LogP contribution in [-0.2, 0) is 4.79 Å². The quantitative estimate of drug-likeness (QED) is 0.763. The minimum absolute atomic E-state index is 0.0861. The number of hydrogen-bond donors (Lipinski definition) is 0. The van der Waals surface area contributed by atoms with E-state index in [4.69, 9.17) is 0 Å². The van der Waals surface area contributed by atoms with Crippen LogP contribution in [0.1, 0.15) is 19.5 Å². The highest BCUT2D eigenvalue weighted by Crippen LogP contribution is 2.24. The number of alkyl halides is 2. The SMILES string of the molecule is CCN(C(=O)C(C)CSC(F)F)c1cn(-c2cccnc2)nc1C. The predicted octanol–water partition coefficient (Wildman–Crippen LogP) is 3.52. The molecule has 2 heterocycles. The maximum Gasteiger partial charge on any atom is 0.284 e. The lowest BCUT2D eigenvalue weighted by Gasteiger charge is -2.23. The summed E-state index contributed by atoms with van der Waals surface area (Å²) in [5.74, 6) is -3.06. The Morgan fingerprint density at radius 1 is 1.46 bits per heavy atom. The second-order valence-electron chi connectivity index (χ2n) is 5.33. The van der Waals surface area contributed by atoms with Crippen LogP contribution in [0.3, 0.4) is 0 Å². The summed E-state index contributed by atoms with van der Waals surface area (Å²) >= 11 is 0.487. The van der Waals surface area contributed by atoms with Crippen molar-refractivity contribution >= 4 is 23.4 Å². The number of carbonyl (C=O) groups excluding carboxylic acids is 1. The number of pyridine rings is 1. The van der Waals surface area contributed by atoms with Gasteiger partial charge in [0.2, 0.25) is 5.91 Å². The Morgan fingerprint density at radius 2 is 2.21 bits per heavy atom. The lowest BCUT2D eigenvalue weighted by Crippen LogP contribution is -2.36. The van der Waals surface area contributed by atoms with Crippen LogP contribution in [0.2, 0.25) is 0 Å². The number of aromatic nitrogens is 3. The highest BCUT2D eigenvalue weighted by Gasteiger charge is 2.24. The van der Waals surface area contributed by atoms with Crippen molar-refractivity contribution in [3.05, 3.63) is 36.4 Å². The third-order valence-electron chi connectivity index (χ3n) is 3.55. The van der Waals surface area contributed by atoms with Gasteiger partial charge in [-0.15, -0.1) is 0 Å². The summed E-state index contributed by atoms with van der Waals surface area (Å²) in [5.41, 5.74) is 2.17. The highest BCUT2D eigenvalue weighted by atomic mass is 32.2. The van der Waals surface area contributed by atoms with Gasteiger partial charge in [0, 0.05) is 24.4 Å². The van der Waals surface area contributed by atoms with Gasteiger partial charge < -0.3 is 4.90 Å². The largest absolute Gasteiger partial charge is 0.309 e. The van der Waals surface area contributed by atoms with E-state index in [1.807, 2.05) is 19.9 Å². The molecule has 0 radical (unpaired) electrons. The van der Waals surface area contributed by atoms with Gasteiger partial charge in [0.05, 0.1) is 29.5 Å². The highest BCUT2D eigenvalue weighted by molar-refractivity contribution is 7.99. The van der Waals surface area contributed by atoms with E-state index in [-0.39, 0.29) is 11.7 Å². The molecule has 2 aromatic heterocycles. The van der Waals surface area contributed by atoms with Gasteiger partial charge in [0.1, 0.15) is 0 Å². The first-order chi connectivity index (χ1) is 11.4. The van der Waals surface area contributed by atoms with Crippen molar-refractivity contribution in [3.63, 3.8) is 0 Å². The van der Waals surface area contributed by atoms with Gasteiger partial charge in [-0.3, -0.25) is 9.78 Å². The second-order valence-corrected chi connectivity index (χ2v) is 6.36. The number of rotatable bonds is 7. The molecule has 8 heteroatoms. The summed E-state index contributed by atoms with van der Waals surface area (Å²) in [6, 6.07) is 3.67. The van der Waals surface area contributed by atoms with Gasteiger partial charge >= 0.3 is 0 Å². The van der Waals surface area contributed by atoms with Crippen molar-refractivity contribution in [2.45, 2.75) is 26.5 Å². The molecule has 0 aliphatic heterocycles. The van der Waals surface area contributed by atoms with E-state index in [9.17, 15) is 13.6 Å². The second kappa shape index (κ2) is 8.23. The van der Waals surface area contributed by atoms with E-state index in [0.29, 0.717) is 29.7 Å². The van der Waals surface area contributed by atoms with Gasteiger partial charge in [0.25, 0.3) is 5.76 Å². The molecular weight excluding hydrogens is 334 g/mol. The molecule has 0 spiro atoms. The van der Waals surface area contributed by atoms with Crippen LogP contribution in [0.5, 0.6) is 0 Å². The normalized spacial score (nSPS) is 12.4. The van der Waals surface area contributed by atoms with Crippen molar-refractivity contribution in [3.8, 4) is 5.69 Å². The summed E-state index contributed by atoms with van der Waals surface area (Å²) < 4.78 is 26.3. The van der Waals surface area contributed by atoms with Crippen LogP contribution in [0.25, 0.3) is 5.69 Å². The molecule has 0 aliphatic rings. The van der Waals surface area contributed by atoms with Crippen molar-refractivity contribution in [2.75, 3.05) is 17.2 Å². The first-order valence-electron chi connectivity index (χ1n) is 7.61. The van der Waals surface area contributed by atoms with E-state index >= 15 is 0 Å². The lowest BCUT2D eigenvalue weighted by atomic mass is 10.1. The van der Waals surface area contributed by atoms with Crippen molar-refractivity contribution < 1.29 is 13.6 Å². The Kier molecular flexibility index (Phi) is 6.30. The molecule has 2 aromatic rings. The van der Waals surface area contributed by atoms with Crippen LogP contribution >= 0.6 is 11.8 Å². The van der Waals surface area contributed by atoms with Gasteiger partial charge in [-0.05, 0) is 26.0 Å². The van der Waals surface area contributed by atoms with Crippen LogP contribution in [-0.4, -0.2) is 38.7 Å². The summed E-state index contributed by atoms with van der Waals surface area (Å²) in [5, 5.41) is 4.42. The van der Waals surface area contributed by atoms with Gasteiger partial charge in [0.15, 0.2) is 0 Å². The molecule has 0 saturated carbocycles. The number of aryl methyl sites for hydroxylation is 1. The average Bonchev–Trinajstić information content (AvgIpc) is 2.96. The summed E-state index contributed by atoms with van der Waals surface area (Å²) in [4.78, 5) is 18.2. The zero-order chi connectivity index (χ0) is 17.7. The first-order valence-corrected chi connectivity index (χ1v) is 8.66. The fraction of sp³-hybridized carbons (Fsp3) is 0.438. The Morgan fingerprint density at radius 3 is 2.79 bits per heavy atom. The maximum atomic E-state index is 12.6. The van der Waals surface area contributed by atoms with Gasteiger partial charge in [-0.2, -0.15) is 13.9 Å². The molecule has 0 aromatic carbocycles. The Hall–Kier alpha value is -1.96. The molecule has 1 unspecified atom stereocenters.